The first-order chi connectivity index (χ1) is 12.4. The van der Waals surface area contributed by atoms with Crippen molar-refractivity contribution in [2.75, 3.05) is 32.7 Å². The molecule has 2 heterocycles. The zero-order valence-corrected chi connectivity index (χ0v) is 17.3. The predicted octanol–water partition coefficient (Wildman–Crippen LogP) is 2.90. The Hall–Kier alpha value is -1.53. The van der Waals surface area contributed by atoms with Gasteiger partial charge in [0.05, 0.1) is 5.56 Å². The molecule has 1 saturated heterocycles. The number of piperazine rings is 1. The molecule has 3 rings (SSSR count). The third-order valence-electron chi connectivity index (χ3n) is 6.06. The largest absolute Gasteiger partial charge is 0.466 e. The third-order valence-corrected chi connectivity index (χ3v) is 6.06. The van der Waals surface area contributed by atoms with Gasteiger partial charge >= 0.3 is 0 Å². The Labute approximate surface area is 167 Å². The molecule has 0 bridgehead atoms. The van der Waals surface area contributed by atoms with E-state index in [-0.39, 0.29) is 29.6 Å². The van der Waals surface area contributed by atoms with Crippen molar-refractivity contribution in [1.29, 1.82) is 0 Å². The van der Waals surface area contributed by atoms with Crippen LogP contribution in [-0.2, 0) is 4.79 Å². The van der Waals surface area contributed by atoms with Crippen molar-refractivity contribution < 1.29 is 14.0 Å². The summed E-state index contributed by atoms with van der Waals surface area (Å²) in [7, 11) is 0. The number of nitrogens with two attached hydrogens (primary N) is 1. The minimum Gasteiger partial charge on any atom is -0.466 e. The number of hydrogen-bond donors (Lipinski definition) is 1. The van der Waals surface area contributed by atoms with E-state index in [9.17, 15) is 9.59 Å². The van der Waals surface area contributed by atoms with Gasteiger partial charge in [0.1, 0.15) is 11.5 Å². The second kappa shape index (κ2) is 9.11. The van der Waals surface area contributed by atoms with Crippen molar-refractivity contribution in [2.45, 2.75) is 52.4 Å². The van der Waals surface area contributed by atoms with E-state index in [1.54, 1.807) is 6.07 Å². The summed E-state index contributed by atoms with van der Waals surface area (Å²) in [6, 6.07) is 1.79. The van der Waals surface area contributed by atoms with Gasteiger partial charge in [-0.05, 0) is 44.7 Å². The topological polar surface area (TPSA) is 79.8 Å². The first kappa shape index (κ1) is 21.8. The lowest BCUT2D eigenvalue weighted by atomic mass is 9.71. The lowest BCUT2D eigenvalue weighted by Gasteiger charge is -2.39. The molecular weight excluding hydrogens is 366 g/mol. The van der Waals surface area contributed by atoms with E-state index >= 15 is 0 Å². The fourth-order valence-corrected chi connectivity index (χ4v) is 4.36. The average molecular weight is 398 g/mol. The maximum atomic E-state index is 12.8. The molecule has 2 aliphatic rings. The minimum atomic E-state index is -0.00623. The normalized spacial score (nSPS) is 19.5. The molecule has 7 heteroatoms. The number of carbonyl (C=O) groups excluding carboxylic acids is 2. The molecule has 1 aliphatic heterocycles. The third kappa shape index (κ3) is 4.85. The molecule has 27 heavy (non-hydrogen) atoms. The Morgan fingerprint density at radius 1 is 1.07 bits per heavy atom. The number of carbonyl (C=O) groups is 2. The van der Waals surface area contributed by atoms with Crippen molar-refractivity contribution >= 4 is 24.2 Å². The summed E-state index contributed by atoms with van der Waals surface area (Å²) < 4.78 is 5.47. The van der Waals surface area contributed by atoms with Crippen LogP contribution in [0.4, 0.5) is 0 Å². The van der Waals surface area contributed by atoms with Crippen LogP contribution < -0.4 is 5.73 Å². The van der Waals surface area contributed by atoms with Crippen molar-refractivity contribution in [2.24, 2.45) is 11.1 Å². The molecule has 0 radical (unpaired) electrons. The summed E-state index contributed by atoms with van der Waals surface area (Å²) in [6.45, 7) is 6.60. The second-order valence-electron chi connectivity index (χ2n) is 7.94. The Morgan fingerprint density at radius 2 is 1.67 bits per heavy atom. The van der Waals surface area contributed by atoms with Gasteiger partial charge in [-0.15, -0.1) is 12.4 Å². The number of aryl methyl sites for hydroxylation is 2. The molecule has 6 nitrogen and oxygen atoms in total. The molecule has 1 aromatic rings. The highest BCUT2D eigenvalue weighted by Gasteiger charge is 2.35. The van der Waals surface area contributed by atoms with E-state index in [2.05, 4.69) is 0 Å². The fourth-order valence-electron chi connectivity index (χ4n) is 4.36. The Morgan fingerprint density at radius 3 is 2.19 bits per heavy atom. The van der Waals surface area contributed by atoms with E-state index in [0.29, 0.717) is 50.5 Å². The van der Waals surface area contributed by atoms with Crippen molar-refractivity contribution in [1.82, 2.24) is 9.80 Å². The van der Waals surface area contributed by atoms with Crippen LogP contribution in [0.1, 0.15) is 60.4 Å². The minimum absolute atomic E-state index is 0. The molecule has 0 unspecified atom stereocenters. The van der Waals surface area contributed by atoms with Crippen LogP contribution in [0.15, 0.2) is 10.5 Å². The number of nitrogens with zero attached hydrogens (tertiary/aromatic N) is 2. The fraction of sp³-hybridized carbons (Fsp3) is 0.700. The number of rotatable bonds is 4. The van der Waals surface area contributed by atoms with E-state index in [1.807, 2.05) is 23.6 Å². The number of halogens is 1. The standard InChI is InChI=1S/C20H31N3O3.ClH/c1-15-12-17(16(2)26-15)19(25)23-10-8-22(9-11-23)18(24)13-20(14-21)6-4-3-5-7-20;/h12H,3-11,13-14,21H2,1-2H3;1H. The van der Waals surface area contributed by atoms with E-state index in [4.69, 9.17) is 10.2 Å². The average Bonchev–Trinajstić information content (AvgIpc) is 3.00. The van der Waals surface area contributed by atoms with Gasteiger partial charge in [0, 0.05) is 32.6 Å². The van der Waals surface area contributed by atoms with Gasteiger partial charge in [-0.1, -0.05) is 19.3 Å². The van der Waals surface area contributed by atoms with Gasteiger partial charge < -0.3 is 20.0 Å². The van der Waals surface area contributed by atoms with Crippen molar-refractivity contribution in [3.8, 4) is 0 Å². The van der Waals surface area contributed by atoms with Gasteiger partial charge in [-0.25, -0.2) is 0 Å². The molecule has 1 aromatic heterocycles. The van der Waals surface area contributed by atoms with Gasteiger partial charge in [-0.2, -0.15) is 0 Å². The monoisotopic (exact) mass is 397 g/mol. The van der Waals surface area contributed by atoms with Crippen LogP contribution in [0.25, 0.3) is 0 Å². The van der Waals surface area contributed by atoms with Gasteiger partial charge in [0.15, 0.2) is 0 Å². The molecule has 2 fully saturated rings. The van der Waals surface area contributed by atoms with Crippen LogP contribution in [0.5, 0.6) is 0 Å². The maximum Gasteiger partial charge on any atom is 0.257 e. The van der Waals surface area contributed by atoms with E-state index < -0.39 is 0 Å². The second-order valence-corrected chi connectivity index (χ2v) is 7.94. The summed E-state index contributed by atoms with van der Waals surface area (Å²) in [6.07, 6.45) is 6.28. The molecule has 0 spiro atoms. The van der Waals surface area contributed by atoms with Crippen molar-refractivity contribution in [3.63, 3.8) is 0 Å². The summed E-state index contributed by atoms with van der Waals surface area (Å²) >= 11 is 0. The molecule has 2 amide bonds. The lowest BCUT2D eigenvalue weighted by molar-refractivity contribution is -0.135. The Bertz CT molecular complexity index is 659. The highest BCUT2D eigenvalue weighted by atomic mass is 35.5. The molecular formula is C20H32ClN3O3. The lowest BCUT2D eigenvalue weighted by Crippen LogP contribution is -2.52. The summed E-state index contributed by atoms with van der Waals surface area (Å²) in [5.41, 5.74) is 6.65. The molecule has 1 aliphatic carbocycles. The number of hydrogen-bond acceptors (Lipinski definition) is 4. The molecule has 1 saturated carbocycles. The van der Waals surface area contributed by atoms with Crippen LogP contribution in [0, 0.1) is 19.3 Å². The quantitative estimate of drug-likeness (QED) is 0.847. The zero-order valence-electron chi connectivity index (χ0n) is 16.5. The molecule has 0 aromatic carbocycles. The van der Waals surface area contributed by atoms with Gasteiger partial charge in [0.25, 0.3) is 5.91 Å². The predicted molar refractivity (Wildman–Crippen MR) is 107 cm³/mol. The van der Waals surface area contributed by atoms with Crippen LogP contribution >= 0.6 is 12.4 Å². The number of furan rings is 1. The Kier molecular flexibility index (Phi) is 7.34. The first-order valence-corrected chi connectivity index (χ1v) is 9.78. The first-order valence-electron chi connectivity index (χ1n) is 9.78. The maximum absolute atomic E-state index is 12.8. The molecule has 152 valence electrons. The van der Waals surface area contributed by atoms with Gasteiger partial charge in [0.2, 0.25) is 5.91 Å². The molecule has 0 atom stereocenters. The van der Waals surface area contributed by atoms with Crippen LogP contribution in [-0.4, -0.2) is 54.3 Å². The highest BCUT2D eigenvalue weighted by Crippen LogP contribution is 2.38. The summed E-state index contributed by atoms with van der Waals surface area (Å²) in [4.78, 5) is 29.2. The van der Waals surface area contributed by atoms with Gasteiger partial charge in [-0.3, -0.25) is 9.59 Å². The van der Waals surface area contributed by atoms with Crippen LogP contribution in [0.2, 0.25) is 0 Å². The summed E-state index contributed by atoms with van der Waals surface area (Å²) in [5, 5.41) is 0. The Balaban J connectivity index is 0.00000261. The van der Waals surface area contributed by atoms with E-state index in [1.165, 1.54) is 19.3 Å². The smallest absolute Gasteiger partial charge is 0.257 e. The SMILES string of the molecule is Cc1cc(C(=O)N2CCN(C(=O)CC3(CN)CCCCC3)CC2)c(C)o1.Cl. The van der Waals surface area contributed by atoms with Crippen molar-refractivity contribution in [3.05, 3.63) is 23.2 Å². The van der Waals surface area contributed by atoms with E-state index in [0.717, 1.165) is 18.6 Å². The molecule has 2 N–H and O–H groups in total. The summed E-state index contributed by atoms with van der Waals surface area (Å²) in [5.74, 6) is 1.60. The highest BCUT2D eigenvalue weighted by molar-refractivity contribution is 5.95. The number of amides is 2. The zero-order chi connectivity index (χ0) is 18.7. The van der Waals surface area contributed by atoms with Crippen LogP contribution in [0.3, 0.4) is 0 Å².